The van der Waals surface area contributed by atoms with Gasteiger partial charge in [-0.3, -0.25) is 9.67 Å². The van der Waals surface area contributed by atoms with Crippen LogP contribution in [-0.2, 0) is 20.1 Å². The van der Waals surface area contributed by atoms with Gasteiger partial charge in [0.1, 0.15) is 6.33 Å². The Hall–Kier alpha value is -2.97. The molecule has 2 amide bonds. The van der Waals surface area contributed by atoms with Crippen LogP contribution in [0.15, 0.2) is 24.7 Å². The first-order chi connectivity index (χ1) is 10.0. The summed E-state index contributed by atoms with van der Waals surface area (Å²) < 4.78 is 1.54. The van der Waals surface area contributed by atoms with Crippen LogP contribution < -0.4 is 10.6 Å². The molecule has 9 nitrogen and oxygen atoms in total. The first-order valence-corrected chi connectivity index (χ1v) is 6.09. The van der Waals surface area contributed by atoms with Crippen molar-refractivity contribution in [3.63, 3.8) is 0 Å². The van der Waals surface area contributed by atoms with Crippen LogP contribution >= 0.6 is 0 Å². The number of pyridine rings is 1. The zero-order valence-electron chi connectivity index (χ0n) is 11.3. The van der Waals surface area contributed by atoms with E-state index >= 15 is 0 Å². The van der Waals surface area contributed by atoms with Crippen molar-refractivity contribution in [3.05, 3.63) is 41.7 Å². The van der Waals surface area contributed by atoms with E-state index in [4.69, 9.17) is 5.11 Å². The minimum Gasteiger partial charge on any atom is -0.478 e. The summed E-state index contributed by atoms with van der Waals surface area (Å²) in [6, 6.07) is 2.38. The molecule has 2 heterocycles. The van der Waals surface area contributed by atoms with Gasteiger partial charge < -0.3 is 15.7 Å². The number of nitrogens with zero attached hydrogens (tertiary/aromatic N) is 4. The Morgan fingerprint density at radius 1 is 1.29 bits per heavy atom. The minimum absolute atomic E-state index is 0.125. The number of carboxylic acids is 1. The zero-order valence-corrected chi connectivity index (χ0v) is 11.3. The number of nitrogens with one attached hydrogen (secondary N) is 2. The number of carboxylic acid groups (broad SMARTS) is 1. The molecule has 21 heavy (non-hydrogen) atoms. The number of hydrogen-bond donors (Lipinski definition) is 3. The van der Waals surface area contributed by atoms with E-state index in [0.29, 0.717) is 11.5 Å². The van der Waals surface area contributed by atoms with E-state index in [1.54, 1.807) is 7.05 Å². The van der Waals surface area contributed by atoms with Gasteiger partial charge >= 0.3 is 12.0 Å². The van der Waals surface area contributed by atoms with E-state index in [1.807, 2.05) is 0 Å². The van der Waals surface area contributed by atoms with E-state index < -0.39 is 12.0 Å². The molecule has 2 rings (SSSR count). The number of urea groups is 1. The van der Waals surface area contributed by atoms with Crippen LogP contribution in [0.5, 0.6) is 0 Å². The first kappa shape index (κ1) is 14.4. The van der Waals surface area contributed by atoms with Crippen LogP contribution in [0.4, 0.5) is 4.79 Å². The topological polar surface area (TPSA) is 122 Å². The summed E-state index contributed by atoms with van der Waals surface area (Å²) in [5, 5.41) is 18.0. The van der Waals surface area contributed by atoms with Crippen LogP contribution in [0.3, 0.4) is 0 Å². The summed E-state index contributed by atoms with van der Waals surface area (Å²) in [4.78, 5) is 30.3. The van der Waals surface area contributed by atoms with Gasteiger partial charge in [-0.25, -0.2) is 14.6 Å². The van der Waals surface area contributed by atoms with Gasteiger partial charge in [-0.1, -0.05) is 0 Å². The average molecular weight is 290 g/mol. The molecule has 0 spiro atoms. The molecular weight excluding hydrogens is 276 g/mol. The molecule has 0 aliphatic heterocycles. The highest BCUT2D eigenvalue weighted by Crippen LogP contribution is 2.01. The number of aromatic carboxylic acids is 1. The van der Waals surface area contributed by atoms with Gasteiger partial charge in [0.05, 0.1) is 24.3 Å². The monoisotopic (exact) mass is 290 g/mol. The lowest BCUT2D eigenvalue weighted by Gasteiger charge is -2.06. The smallest absolute Gasteiger partial charge is 0.335 e. The molecule has 3 N–H and O–H groups in total. The number of amides is 2. The molecule has 0 saturated heterocycles. The van der Waals surface area contributed by atoms with Gasteiger partial charge in [-0.2, -0.15) is 5.10 Å². The van der Waals surface area contributed by atoms with Crippen molar-refractivity contribution in [2.75, 3.05) is 0 Å². The lowest BCUT2D eigenvalue weighted by Crippen LogP contribution is -2.35. The molecule has 0 aliphatic rings. The van der Waals surface area contributed by atoms with Crippen molar-refractivity contribution < 1.29 is 14.7 Å². The third-order valence-electron chi connectivity index (χ3n) is 2.55. The molecule has 0 fully saturated rings. The fourth-order valence-corrected chi connectivity index (χ4v) is 1.57. The first-order valence-electron chi connectivity index (χ1n) is 6.09. The average Bonchev–Trinajstić information content (AvgIpc) is 2.89. The molecule has 0 saturated carbocycles. The Balaban J connectivity index is 1.81. The summed E-state index contributed by atoms with van der Waals surface area (Å²) in [5.41, 5.74) is 0.584. The number of aromatic nitrogens is 4. The number of hydrogen-bond acceptors (Lipinski definition) is 5. The zero-order chi connectivity index (χ0) is 15.2. The summed E-state index contributed by atoms with van der Waals surface area (Å²) >= 11 is 0. The highest BCUT2D eigenvalue weighted by Gasteiger charge is 2.06. The molecule has 2 aromatic heterocycles. The summed E-state index contributed by atoms with van der Waals surface area (Å²) in [6.07, 6.45) is 2.92. The van der Waals surface area contributed by atoms with E-state index in [0.717, 1.165) is 0 Å². The van der Waals surface area contributed by atoms with Crippen LogP contribution in [0, 0.1) is 0 Å². The number of carbonyl (C=O) groups excluding carboxylic acids is 1. The highest BCUT2D eigenvalue weighted by atomic mass is 16.4. The van der Waals surface area contributed by atoms with Crippen molar-refractivity contribution in [2.24, 2.45) is 7.05 Å². The molecular formula is C12H14N6O3. The largest absolute Gasteiger partial charge is 0.478 e. The van der Waals surface area contributed by atoms with Crippen molar-refractivity contribution in [1.82, 2.24) is 30.4 Å². The summed E-state index contributed by atoms with van der Waals surface area (Å²) in [7, 11) is 1.73. The second-order valence-corrected chi connectivity index (χ2v) is 4.21. The van der Waals surface area contributed by atoms with Gasteiger partial charge in [0.15, 0.2) is 5.82 Å². The molecule has 9 heteroatoms. The van der Waals surface area contributed by atoms with Gasteiger partial charge in [0.2, 0.25) is 0 Å². The molecule has 0 unspecified atom stereocenters. The van der Waals surface area contributed by atoms with Crippen LogP contribution in [0.1, 0.15) is 21.9 Å². The van der Waals surface area contributed by atoms with E-state index in [1.165, 1.54) is 29.3 Å². The number of carbonyl (C=O) groups is 2. The maximum Gasteiger partial charge on any atom is 0.335 e. The Kier molecular flexibility index (Phi) is 4.44. The number of aryl methyl sites for hydroxylation is 1. The maximum absolute atomic E-state index is 11.6. The Morgan fingerprint density at radius 3 is 2.71 bits per heavy atom. The predicted molar refractivity (Wildman–Crippen MR) is 71.3 cm³/mol. The van der Waals surface area contributed by atoms with E-state index in [-0.39, 0.29) is 18.7 Å². The molecule has 0 radical (unpaired) electrons. The molecule has 110 valence electrons. The van der Waals surface area contributed by atoms with Crippen molar-refractivity contribution in [1.29, 1.82) is 0 Å². The van der Waals surface area contributed by atoms with Crippen molar-refractivity contribution >= 4 is 12.0 Å². The fourth-order valence-electron chi connectivity index (χ4n) is 1.57. The van der Waals surface area contributed by atoms with Crippen molar-refractivity contribution in [3.8, 4) is 0 Å². The second kappa shape index (κ2) is 6.46. The summed E-state index contributed by atoms with van der Waals surface area (Å²) in [5.74, 6) is -0.539. The second-order valence-electron chi connectivity index (χ2n) is 4.21. The Morgan fingerprint density at radius 2 is 2.05 bits per heavy atom. The van der Waals surface area contributed by atoms with Gasteiger partial charge in [-0.05, 0) is 12.1 Å². The van der Waals surface area contributed by atoms with E-state index in [2.05, 4.69) is 25.7 Å². The molecule has 0 aromatic carbocycles. The SMILES string of the molecule is Cn1cnc(CNC(=O)NCc2cc(C(=O)O)ccn2)n1. The van der Waals surface area contributed by atoms with Gasteiger partial charge in [0.25, 0.3) is 0 Å². The van der Waals surface area contributed by atoms with Crippen LogP contribution in [0.2, 0.25) is 0 Å². The fraction of sp³-hybridized carbons (Fsp3) is 0.250. The van der Waals surface area contributed by atoms with Gasteiger partial charge in [-0.15, -0.1) is 0 Å². The molecule has 0 bridgehead atoms. The van der Waals surface area contributed by atoms with E-state index in [9.17, 15) is 9.59 Å². The van der Waals surface area contributed by atoms with Gasteiger partial charge in [0, 0.05) is 13.2 Å². The third kappa shape index (κ3) is 4.27. The van der Waals surface area contributed by atoms with Crippen LogP contribution in [0.25, 0.3) is 0 Å². The normalized spacial score (nSPS) is 10.1. The minimum atomic E-state index is -1.04. The standard InChI is InChI=1S/C12H14N6O3/c1-18-7-16-10(17-18)6-15-12(21)14-5-9-4-8(11(19)20)2-3-13-9/h2-4,7H,5-6H2,1H3,(H,19,20)(H2,14,15,21). The maximum atomic E-state index is 11.6. The van der Waals surface area contributed by atoms with Crippen molar-refractivity contribution in [2.45, 2.75) is 13.1 Å². The Labute approximate surface area is 120 Å². The van der Waals surface area contributed by atoms with Crippen LogP contribution in [-0.4, -0.2) is 36.9 Å². The molecule has 0 aliphatic carbocycles. The predicted octanol–water partition coefficient (Wildman–Crippen LogP) is -0.0923. The number of rotatable bonds is 5. The third-order valence-corrected chi connectivity index (χ3v) is 2.55. The lowest BCUT2D eigenvalue weighted by molar-refractivity contribution is 0.0696. The Bertz CT molecular complexity index is 654. The summed E-state index contributed by atoms with van der Waals surface area (Å²) in [6.45, 7) is 0.331. The quantitative estimate of drug-likeness (QED) is 0.707. The molecule has 0 atom stereocenters. The molecule has 2 aromatic rings. The highest BCUT2D eigenvalue weighted by molar-refractivity contribution is 5.87. The lowest BCUT2D eigenvalue weighted by atomic mass is 10.2.